The highest BCUT2D eigenvalue weighted by molar-refractivity contribution is 5.86. The first kappa shape index (κ1) is 14.4. The van der Waals surface area contributed by atoms with E-state index in [1.807, 2.05) is 0 Å². The number of carbonyl (C=O) groups is 1. The van der Waals surface area contributed by atoms with Gasteiger partial charge in [-0.25, -0.2) is 0 Å². The van der Waals surface area contributed by atoms with Crippen LogP contribution in [0.3, 0.4) is 0 Å². The van der Waals surface area contributed by atoms with Crippen LogP contribution in [0.15, 0.2) is 0 Å². The summed E-state index contributed by atoms with van der Waals surface area (Å²) in [6.07, 6.45) is 0.967. The Morgan fingerprint density at radius 1 is 1.47 bits per heavy atom. The maximum absolute atomic E-state index is 12.0. The Balaban J connectivity index is 2.37. The van der Waals surface area contributed by atoms with Gasteiger partial charge >= 0.3 is 0 Å². The molecule has 17 heavy (non-hydrogen) atoms. The quantitative estimate of drug-likeness (QED) is 0.646. The Hall–Kier alpha value is -0.690. The van der Waals surface area contributed by atoms with Crippen molar-refractivity contribution < 1.29 is 19.0 Å². The highest BCUT2D eigenvalue weighted by Crippen LogP contribution is 2.17. The molecule has 0 radical (unpaired) electrons. The Bertz CT molecular complexity index is 242. The van der Waals surface area contributed by atoms with Gasteiger partial charge in [-0.15, -0.1) is 0 Å². The lowest BCUT2D eigenvalue weighted by atomic mass is 9.90. The van der Waals surface area contributed by atoms with Gasteiger partial charge in [0.05, 0.1) is 18.2 Å². The van der Waals surface area contributed by atoms with E-state index in [1.165, 1.54) is 0 Å². The van der Waals surface area contributed by atoms with E-state index in [-0.39, 0.29) is 12.0 Å². The van der Waals surface area contributed by atoms with Gasteiger partial charge in [-0.05, 0) is 12.8 Å². The molecule has 1 aliphatic rings. The number of hydrogen-bond acceptors (Lipinski definition) is 5. The van der Waals surface area contributed by atoms with Crippen LogP contribution in [-0.4, -0.2) is 58.1 Å². The first-order chi connectivity index (χ1) is 8.12. The minimum Gasteiger partial charge on any atom is -0.382 e. The van der Waals surface area contributed by atoms with E-state index in [0.29, 0.717) is 39.2 Å². The van der Waals surface area contributed by atoms with Crippen molar-refractivity contribution in [1.29, 1.82) is 0 Å². The lowest BCUT2D eigenvalue weighted by Gasteiger charge is -2.32. The molecule has 1 atom stereocenters. The van der Waals surface area contributed by atoms with E-state index in [0.717, 1.165) is 0 Å². The molecule has 0 bridgehead atoms. The zero-order valence-corrected chi connectivity index (χ0v) is 10.5. The third-order valence-corrected chi connectivity index (χ3v) is 3.01. The molecule has 0 aromatic heterocycles. The van der Waals surface area contributed by atoms with Crippen LogP contribution in [0.2, 0.25) is 0 Å². The second-order valence-electron chi connectivity index (χ2n) is 4.29. The van der Waals surface area contributed by atoms with Gasteiger partial charge in [0.2, 0.25) is 5.91 Å². The molecule has 0 spiro atoms. The number of hydrogen-bond donors (Lipinski definition) is 2. The zero-order valence-electron chi connectivity index (χ0n) is 10.5. The Kier molecular flexibility index (Phi) is 5.84. The fourth-order valence-electron chi connectivity index (χ4n) is 1.74. The second-order valence-corrected chi connectivity index (χ2v) is 4.29. The molecule has 1 amide bonds. The Labute approximate surface area is 102 Å². The van der Waals surface area contributed by atoms with E-state index in [1.54, 1.807) is 14.2 Å². The molecule has 1 rings (SSSR count). The number of ether oxygens (including phenoxy) is 3. The van der Waals surface area contributed by atoms with E-state index in [9.17, 15) is 4.79 Å². The molecule has 1 unspecified atom stereocenters. The van der Waals surface area contributed by atoms with Crippen molar-refractivity contribution >= 4 is 5.91 Å². The monoisotopic (exact) mass is 246 g/mol. The van der Waals surface area contributed by atoms with Crippen LogP contribution < -0.4 is 11.1 Å². The van der Waals surface area contributed by atoms with Gasteiger partial charge < -0.3 is 25.3 Å². The number of amides is 1. The highest BCUT2D eigenvalue weighted by Gasteiger charge is 2.35. The summed E-state index contributed by atoms with van der Waals surface area (Å²) in [5.74, 6) is -0.140. The molecule has 6 heteroatoms. The van der Waals surface area contributed by atoms with Crippen LogP contribution in [-0.2, 0) is 19.0 Å². The third-order valence-electron chi connectivity index (χ3n) is 3.01. The molecule has 1 aliphatic heterocycles. The van der Waals surface area contributed by atoms with Crippen LogP contribution in [0.4, 0.5) is 0 Å². The summed E-state index contributed by atoms with van der Waals surface area (Å²) in [4.78, 5) is 12.0. The van der Waals surface area contributed by atoms with Crippen LogP contribution in [0.25, 0.3) is 0 Å². The van der Waals surface area contributed by atoms with Crippen LogP contribution >= 0.6 is 0 Å². The van der Waals surface area contributed by atoms with Crippen molar-refractivity contribution in [1.82, 2.24) is 5.32 Å². The molecular weight excluding hydrogens is 224 g/mol. The molecule has 3 N–H and O–H groups in total. The average molecular weight is 246 g/mol. The SMILES string of the molecule is COCC(CNC(=O)C1(N)CCOCC1)OC. The molecule has 1 heterocycles. The van der Waals surface area contributed by atoms with Crippen molar-refractivity contribution in [3.63, 3.8) is 0 Å². The molecule has 1 fully saturated rings. The van der Waals surface area contributed by atoms with Gasteiger partial charge in [-0.2, -0.15) is 0 Å². The molecule has 1 saturated heterocycles. The van der Waals surface area contributed by atoms with Crippen molar-refractivity contribution in [3.05, 3.63) is 0 Å². The summed E-state index contributed by atoms with van der Waals surface area (Å²) >= 11 is 0. The van der Waals surface area contributed by atoms with Gasteiger partial charge in [0, 0.05) is 34.0 Å². The minimum absolute atomic E-state index is 0.140. The van der Waals surface area contributed by atoms with Gasteiger partial charge in [-0.1, -0.05) is 0 Å². The van der Waals surface area contributed by atoms with Crippen LogP contribution in [0, 0.1) is 0 Å². The van der Waals surface area contributed by atoms with Gasteiger partial charge in [-0.3, -0.25) is 4.79 Å². The van der Waals surface area contributed by atoms with Crippen molar-refractivity contribution in [3.8, 4) is 0 Å². The minimum atomic E-state index is -0.802. The lowest BCUT2D eigenvalue weighted by molar-refractivity contribution is -0.130. The lowest BCUT2D eigenvalue weighted by Crippen LogP contribution is -2.58. The molecule has 6 nitrogen and oxygen atoms in total. The van der Waals surface area contributed by atoms with Gasteiger partial charge in [0.25, 0.3) is 0 Å². The van der Waals surface area contributed by atoms with Gasteiger partial charge in [0.1, 0.15) is 0 Å². The third kappa shape index (κ3) is 4.23. The average Bonchev–Trinajstić information content (AvgIpc) is 2.35. The predicted molar refractivity (Wildman–Crippen MR) is 62.7 cm³/mol. The summed E-state index contributed by atoms with van der Waals surface area (Å²) in [6, 6.07) is 0. The Morgan fingerprint density at radius 3 is 2.65 bits per heavy atom. The first-order valence-corrected chi connectivity index (χ1v) is 5.79. The molecule has 0 aromatic rings. The number of carbonyl (C=O) groups excluding carboxylic acids is 1. The normalized spacial score (nSPS) is 20.9. The molecule has 0 aliphatic carbocycles. The number of nitrogens with two attached hydrogens (primary N) is 1. The van der Waals surface area contributed by atoms with Crippen molar-refractivity contribution in [2.75, 3.05) is 40.6 Å². The number of nitrogens with one attached hydrogen (secondary N) is 1. The Morgan fingerprint density at radius 2 is 2.12 bits per heavy atom. The van der Waals surface area contributed by atoms with E-state index in [2.05, 4.69) is 5.32 Å². The van der Waals surface area contributed by atoms with Crippen LogP contribution in [0.1, 0.15) is 12.8 Å². The van der Waals surface area contributed by atoms with Crippen LogP contribution in [0.5, 0.6) is 0 Å². The van der Waals surface area contributed by atoms with E-state index < -0.39 is 5.54 Å². The summed E-state index contributed by atoms with van der Waals surface area (Å²) in [5.41, 5.74) is 5.24. The molecule has 0 aromatic carbocycles. The summed E-state index contributed by atoms with van der Waals surface area (Å²) in [7, 11) is 3.18. The maximum atomic E-state index is 12.0. The second kappa shape index (κ2) is 6.90. The summed E-state index contributed by atoms with van der Waals surface area (Å²) in [6.45, 7) is 1.92. The molecular formula is C11H22N2O4. The van der Waals surface area contributed by atoms with Gasteiger partial charge in [0.15, 0.2) is 0 Å². The van der Waals surface area contributed by atoms with Crippen molar-refractivity contribution in [2.24, 2.45) is 5.73 Å². The fourth-order valence-corrected chi connectivity index (χ4v) is 1.74. The standard InChI is InChI=1S/C11H22N2O4/c1-15-8-9(16-2)7-13-10(14)11(12)3-5-17-6-4-11/h9H,3-8,12H2,1-2H3,(H,13,14). The molecule has 0 saturated carbocycles. The topological polar surface area (TPSA) is 82.8 Å². The van der Waals surface area contributed by atoms with Crippen molar-refractivity contribution in [2.45, 2.75) is 24.5 Å². The highest BCUT2D eigenvalue weighted by atomic mass is 16.5. The molecule has 100 valence electrons. The number of rotatable bonds is 6. The predicted octanol–water partition coefficient (Wildman–Crippen LogP) is -0.728. The fraction of sp³-hybridized carbons (Fsp3) is 0.909. The maximum Gasteiger partial charge on any atom is 0.240 e. The van der Waals surface area contributed by atoms with E-state index >= 15 is 0 Å². The summed E-state index contributed by atoms with van der Waals surface area (Å²) in [5, 5.41) is 2.80. The first-order valence-electron chi connectivity index (χ1n) is 5.79. The number of methoxy groups -OCH3 is 2. The van der Waals surface area contributed by atoms with E-state index in [4.69, 9.17) is 19.9 Å². The summed E-state index contributed by atoms with van der Waals surface area (Å²) < 4.78 is 15.3. The largest absolute Gasteiger partial charge is 0.382 e. The zero-order chi connectivity index (χ0) is 12.7. The smallest absolute Gasteiger partial charge is 0.240 e.